The van der Waals surface area contributed by atoms with Crippen LogP contribution in [0.15, 0.2) is 36.7 Å². The van der Waals surface area contributed by atoms with Gasteiger partial charge in [0.15, 0.2) is 5.65 Å². The van der Waals surface area contributed by atoms with Crippen LogP contribution in [-0.2, 0) is 23.8 Å². The average Bonchev–Trinajstić information content (AvgIpc) is 3.07. The van der Waals surface area contributed by atoms with Crippen LogP contribution in [0.25, 0.3) is 5.65 Å². The van der Waals surface area contributed by atoms with Crippen molar-refractivity contribution in [1.29, 1.82) is 0 Å². The number of aromatic nitrogens is 3. The number of carbonyl (C=O) groups is 2. The van der Waals surface area contributed by atoms with Crippen molar-refractivity contribution in [1.82, 2.24) is 14.6 Å². The summed E-state index contributed by atoms with van der Waals surface area (Å²) in [5.74, 6) is -1.51. The summed E-state index contributed by atoms with van der Waals surface area (Å²) in [6, 6.07) is 6.27. The van der Waals surface area contributed by atoms with E-state index in [0.717, 1.165) is 12.1 Å². The highest BCUT2D eigenvalue weighted by molar-refractivity contribution is 6.02. The summed E-state index contributed by atoms with van der Waals surface area (Å²) in [4.78, 5) is 27.1. The lowest BCUT2D eigenvalue weighted by molar-refractivity contribution is -0.137. The van der Waals surface area contributed by atoms with Crippen LogP contribution in [0.4, 0.5) is 13.2 Å². The number of alkyl halides is 3. The molecule has 0 unspecified atom stereocenters. The number of fused-ring (bicyclic) bond motifs is 1. The first-order valence-corrected chi connectivity index (χ1v) is 8.17. The number of ether oxygens (including phenoxy) is 1. The van der Waals surface area contributed by atoms with Crippen molar-refractivity contribution in [2.24, 2.45) is 5.73 Å². The SMILES string of the molecule is CC(=O)Oc1cc(CCc2ccc(C(F)(F)F)cc2)n2ncnc2c1C(N)=O.Cl. The lowest BCUT2D eigenvalue weighted by atomic mass is 10.0. The van der Waals surface area contributed by atoms with E-state index < -0.39 is 23.6 Å². The minimum Gasteiger partial charge on any atom is -0.426 e. The van der Waals surface area contributed by atoms with Crippen LogP contribution >= 0.6 is 12.4 Å². The molecule has 3 rings (SSSR count). The van der Waals surface area contributed by atoms with E-state index >= 15 is 0 Å². The minimum absolute atomic E-state index is 0. The van der Waals surface area contributed by atoms with E-state index in [1.165, 1.54) is 36.0 Å². The molecule has 3 aromatic rings. The van der Waals surface area contributed by atoms with E-state index in [4.69, 9.17) is 10.5 Å². The minimum atomic E-state index is -4.39. The number of halogens is 4. The Kier molecular flexibility index (Phi) is 6.48. The Bertz CT molecular complexity index is 1050. The zero-order chi connectivity index (χ0) is 20.5. The van der Waals surface area contributed by atoms with Crippen LogP contribution in [0.2, 0.25) is 0 Å². The third-order valence-electron chi connectivity index (χ3n) is 4.04. The van der Waals surface area contributed by atoms with Crippen molar-refractivity contribution in [2.75, 3.05) is 0 Å². The lowest BCUT2D eigenvalue weighted by Crippen LogP contribution is -2.18. The van der Waals surface area contributed by atoms with E-state index in [1.54, 1.807) is 0 Å². The van der Waals surface area contributed by atoms with E-state index in [0.29, 0.717) is 24.1 Å². The van der Waals surface area contributed by atoms with E-state index in [-0.39, 0.29) is 29.4 Å². The van der Waals surface area contributed by atoms with Gasteiger partial charge in [-0.2, -0.15) is 18.3 Å². The summed E-state index contributed by atoms with van der Waals surface area (Å²) in [5, 5.41) is 4.05. The number of benzene rings is 1. The topological polar surface area (TPSA) is 99.6 Å². The van der Waals surface area contributed by atoms with Gasteiger partial charge in [0.05, 0.1) is 5.56 Å². The van der Waals surface area contributed by atoms with Crippen LogP contribution in [0, 0.1) is 0 Å². The predicted octanol–water partition coefficient (Wildman–Crippen LogP) is 2.98. The van der Waals surface area contributed by atoms with Gasteiger partial charge in [-0.25, -0.2) is 9.50 Å². The van der Waals surface area contributed by atoms with Gasteiger partial charge in [-0.05, 0) is 30.5 Å². The van der Waals surface area contributed by atoms with E-state index in [9.17, 15) is 22.8 Å². The average molecular weight is 429 g/mol. The molecule has 0 saturated carbocycles. The monoisotopic (exact) mass is 428 g/mol. The Morgan fingerprint density at radius 3 is 2.38 bits per heavy atom. The highest BCUT2D eigenvalue weighted by Crippen LogP contribution is 2.29. The summed E-state index contributed by atoms with van der Waals surface area (Å²) in [7, 11) is 0. The number of rotatable bonds is 5. The molecule has 2 heterocycles. The molecule has 0 saturated heterocycles. The second-order valence-electron chi connectivity index (χ2n) is 6.02. The summed E-state index contributed by atoms with van der Waals surface area (Å²) in [5.41, 5.74) is 5.93. The summed E-state index contributed by atoms with van der Waals surface area (Å²) in [6.45, 7) is 1.18. The largest absolute Gasteiger partial charge is 0.426 e. The second-order valence-corrected chi connectivity index (χ2v) is 6.02. The van der Waals surface area contributed by atoms with Crippen LogP contribution < -0.4 is 10.5 Å². The number of aryl methyl sites for hydroxylation is 2. The Morgan fingerprint density at radius 1 is 1.17 bits per heavy atom. The van der Waals surface area contributed by atoms with Crippen LogP contribution in [0.5, 0.6) is 5.75 Å². The molecule has 11 heteroatoms. The molecule has 29 heavy (non-hydrogen) atoms. The molecular formula is C18H16ClF3N4O3. The first-order valence-electron chi connectivity index (χ1n) is 8.17. The zero-order valence-electron chi connectivity index (χ0n) is 15.1. The molecule has 0 radical (unpaired) electrons. The third-order valence-corrected chi connectivity index (χ3v) is 4.04. The van der Waals surface area contributed by atoms with Gasteiger partial charge >= 0.3 is 12.1 Å². The molecule has 7 nitrogen and oxygen atoms in total. The summed E-state index contributed by atoms with van der Waals surface area (Å²) >= 11 is 0. The molecule has 2 N–H and O–H groups in total. The smallest absolute Gasteiger partial charge is 0.416 e. The summed E-state index contributed by atoms with van der Waals surface area (Å²) < 4.78 is 44.5. The lowest BCUT2D eigenvalue weighted by Gasteiger charge is -2.12. The number of nitrogens with zero attached hydrogens (tertiary/aromatic N) is 3. The van der Waals surface area contributed by atoms with Crippen LogP contribution in [0.1, 0.15) is 34.1 Å². The molecule has 1 amide bonds. The van der Waals surface area contributed by atoms with Crippen molar-refractivity contribution in [2.45, 2.75) is 25.9 Å². The van der Waals surface area contributed by atoms with Crippen molar-refractivity contribution in [3.05, 3.63) is 59.0 Å². The maximum atomic E-state index is 12.7. The molecule has 0 spiro atoms. The quantitative estimate of drug-likeness (QED) is 0.630. The maximum Gasteiger partial charge on any atom is 0.416 e. The van der Waals surface area contributed by atoms with Crippen molar-refractivity contribution in [3.8, 4) is 5.75 Å². The Labute approximate surface area is 169 Å². The van der Waals surface area contributed by atoms with Gasteiger partial charge in [0.25, 0.3) is 5.91 Å². The molecule has 1 aromatic carbocycles. The Balaban J connectivity index is 0.00000300. The Morgan fingerprint density at radius 2 is 1.83 bits per heavy atom. The number of esters is 1. The highest BCUT2D eigenvalue weighted by atomic mass is 35.5. The van der Waals surface area contributed by atoms with E-state index in [2.05, 4.69) is 10.1 Å². The van der Waals surface area contributed by atoms with Gasteiger partial charge in [0.1, 0.15) is 17.6 Å². The fourth-order valence-corrected chi connectivity index (χ4v) is 2.79. The highest BCUT2D eigenvalue weighted by Gasteiger charge is 2.30. The van der Waals surface area contributed by atoms with Gasteiger partial charge in [-0.1, -0.05) is 12.1 Å². The number of carbonyl (C=O) groups excluding carboxylic acids is 2. The summed E-state index contributed by atoms with van der Waals surface area (Å²) in [6.07, 6.45) is -2.43. The molecule has 154 valence electrons. The first kappa shape index (κ1) is 22.2. The van der Waals surface area contributed by atoms with Crippen molar-refractivity contribution in [3.63, 3.8) is 0 Å². The molecule has 0 bridgehead atoms. The second kappa shape index (κ2) is 8.48. The van der Waals surface area contributed by atoms with Crippen LogP contribution in [-0.4, -0.2) is 26.5 Å². The number of primary amides is 1. The third kappa shape index (κ3) is 4.83. The van der Waals surface area contributed by atoms with Gasteiger partial charge in [-0.3, -0.25) is 9.59 Å². The standard InChI is InChI=1S/C18H15F3N4O3.ClH/c1-10(26)28-14-8-13(25-17(23-9-24-25)15(14)16(22)27)7-4-11-2-5-12(6-3-11)18(19,20)21;/h2-3,5-6,8-9H,4,7H2,1H3,(H2,22,27);1H. The molecule has 0 aliphatic heterocycles. The molecule has 2 aromatic heterocycles. The fourth-order valence-electron chi connectivity index (χ4n) is 2.79. The maximum absolute atomic E-state index is 12.7. The normalized spacial score (nSPS) is 11.2. The number of amides is 1. The van der Waals surface area contributed by atoms with Gasteiger partial charge in [-0.15, -0.1) is 12.4 Å². The zero-order valence-corrected chi connectivity index (χ0v) is 15.9. The predicted molar refractivity (Wildman–Crippen MR) is 98.9 cm³/mol. The van der Waals surface area contributed by atoms with Gasteiger partial charge < -0.3 is 10.5 Å². The van der Waals surface area contributed by atoms with Gasteiger partial charge in [0.2, 0.25) is 0 Å². The molecule has 0 fully saturated rings. The number of nitrogens with two attached hydrogens (primary N) is 1. The van der Waals surface area contributed by atoms with Crippen molar-refractivity contribution < 1.29 is 27.5 Å². The number of hydrogen-bond donors (Lipinski definition) is 1. The Hall–Kier alpha value is -3.14. The van der Waals surface area contributed by atoms with Crippen LogP contribution in [0.3, 0.4) is 0 Å². The molecule has 0 aliphatic carbocycles. The number of pyridine rings is 1. The first-order chi connectivity index (χ1) is 13.2. The molecule has 0 aliphatic rings. The number of hydrogen-bond acceptors (Lipinski definition) is 5. The van der Waals surface area contributed by atoms with E-state index in [1.807, 2.05) is 0 Å². The van der Waals surface area contributed by atoms with Gasteiger partial charge in [0, 0.05) is 18.7 Å². The molecule has 0 atom stereocenters. The fraction of sp³-hybridized carbons (Fsp3) is 0.222. The van der Waals surface area contributed by atoms with Crippen molar-refractivity contribution >= 4 is 29.9 Å². The molecular weight excluding hydrogens is 413 g/mol.